The SMILES string of the molecule is CCNC(=NCCCn1c(C)nc2ccccc21)N(C)C. The summed E-state index contributed by atoms with van der Waals surface area (Å²) in [5, 5.41) is 3.27. The topological polar surface area (TPSA) is 45.5 Å². The predicted octanol–water partition coefficient (Wildman–Crippen LogP) is 2.26. The van der Waals surface area contributed by atoms with Gasteiger partial charge in [0.1, 0.15) is 5.82 Å². The summed E-state index contributed by atoms with van der Waals surface area (Å²) >= 11 is 0. The van der Waals surface area contributed by atoms with Gasteiger partial charge < -0.3 is 14.8 Å². The molecule has 0 bridgehead atoms. The van der Waals surface area contributed by atoms with Crippen molar-refractivity contribution in [3.05, 3.63) is 30.1 Å². The van der Waals surface area contributed by atoms with Gasteiger partial charge in [-0.2, -0.15) is 0 Å². The number of nitrogens with zero attached hydrogens (tertiary/aromatic N) is 4. The van der Waals surface area contributed by atoms with Gasteiger partial charge in [0.05, 0.1) is 11.0 Å². The molecule has 1 N–H and O–H groups in total. The van der Waals surface area contributed by atoms with Gasteiger partial charge >= 0.3 is 0 Å². The number of rotatable bonds is 5. The lowest BCUT2D eigenvalue weighted by Crippen LogP contribution is -2.36. The molecule has 0 saturated carbocycles. The summed E-state index contributed by atoms with van der Waals surface area (Å²) < 4.78 is 2.27. The zero-order valence-corrected chi connectivity index (χ0v) is 13.4. The van der Waals surface area contributed by atoms with Gasteiger partial charge in [-0.25, -0.2) is 4.98 Å². The van der Waals surface area contributed by atoms with Crippen LogP contribution in [0.2, 0.25) is 0 Å². The van der Waals surface area contributed by atoms with Crippen molar-refractivity contribution in [1.29, 1.82) is 0 Å². The zero-order valence-electron chi connectivity index (χ0n) is 13.4. The minimum absolute atomic E-state index is 0.812. The van der Waals surface area contributed by atoms with Gasteiger partial charge in [-0.05, 0) is 32.4 Å². The molecule has 21 heavy (non-hydrogen) atoms. The van der Waals surface area contributed by atoms with Gasteiger partial charge in [-0.15, -0.1) is 0 Å². The first-order chi connectivity index (χ1) is 10.1. The molecule has 2 aromatic rings. The Morgan fingerprint density at radius 2 is 2.10 bits per heavy atom. The molecule has 1 heterocycles. The molecule has 0 spiro atoms. The Hall–Kier alpha value is -2.04. The Morgan fingerprint density at radius 3 is 2.81 bits per heavy atom. The van der Waals surface area contributed by atoms with Crippen LogP contribution in [-0.2, 0) is 6.54 Å². The highest BCUT2D eigenvalue weighted by Gasteiger charge is 2.06. The van der Waals surface area contributed by atoms with Crippen molar-refractivity contribution in [3.63, 3.8) is 0 Å². The Labute approximate surface area is 126 Å². The van der Waals surface area contributed by atoms with E-state index in [0.717, 1.165) is 43.4 Å². The summed E-state index contributed by atoms with van der Waals surface area (Å²) in [5.41, 5.74) is 2.28. The number of nitrogens with one attached hydrogen (secondary N) is 1. The molecule has 114 valence electrons. The number of guanidine groups is 1. The molecule has 1 aromatic heterocycles. The number of hydrogen-bond donors (Lipinski definition) is 1. The summed E-state index contributed by atoms with van der Waals surface area (Å²) in [4.78, 5) is 11.2. The molecule has 0 saturated heterocycles. The normalized spacial score (nSPS) is 11.9. The second kappa shape index (κ2) is 7.11. The summed E-state index contributed by atoms with van der Waals surface area (Å²) in [6.07, 6.45) is 1.00. The fraction of sp³-hybridized carbons (Fsp3) is 0.500. The summed E-state index contributed by atoms with van der Waals surface area (Å²) in [6, 6.07) is 8.28. The average Bonchev–Trinajstić information content (AvgIpc) is 2.78. The van der Waals surface area contributed by atoms with Crippen LogP contribution in [0.25, 0.3) is 11.0 Å². The first-order valence-electron chi connectivity index (χ1n) is 7.51. The maximum Gasteiger partial charge on any atom is 0.193 e. The first-order valence-corrected chi connectivity index (χ1v) is 7.51. The molecule has 0 amide bonds. The molecule has 0 radical (unpaired) electrons. The van der Waals surface area contributed by atoms with E-state index in [1.165, 1.54) is 5.52 Å². The van der Waals surface area contributed by atoms with Gasteiger partial charge in [-0.3, -0.25) is 4.99 Å². The van der Waals surface area contributed by atoms with E-state index in [2.05, 4.69) is 51.9 Å². The van der Waals surface area contributed by atoms with Crippen molar-refractivity contribution in [3.8, 4) is 0 Å². The van der Waals surface area contributed by atoms with E-state index in [1.54, 1.807) is 0 Å². The lowest BCUT2D eigenvalue weighted by molar-refractivity contribution is 0.576. The standard InChI is InChI=1S/C16H25N5/c1-5-17-16(20(3)4)18-11-8-12-21-13(2)19-14-9-6-7-10-15(14)21/h6-7,9-10H,5,8,11-12H2,1-4H3,(H,17,18). The molecule has 1 aromatic carbocycles. The second-order valence-corrected chi connectivity index (χ2v) is 5.28. The van der Waals surface area contributed by atoms with Crippen LogP contribution in [0.15, 0.2) is 29.3 Å². The van der Waals surface area contributed by atoms with Crippen LogP contribution >= 0.6 is 0 Å². The van der Waals surface area contributed by atoms with Gasteiger partial charge in [-0.1, -0.05) is 12.1 Å². The third-order valence-corrected chi connectivity index (χ3v) is 3.41. The monoisotopic (exact) mass is 287 g/mol. The Kier molecular flexibility index (Phi) is 5.20. The van der Waals surface area contributed by atoms with Crippen molar-refractivity contribution in [1.82, 2.24) is 19.8 Å². The molecule has 5 nitrogen and oxygen atoms in total. The van der Waals surface area contributed by atoms with Crippen LogP contribution in [-0.4, -0.2) is 47.6 Å². The van der Waals surface area contributed by atoms with Crippen LogP contribution in [0.5, 0.6) is 0 Å². The minimum Gasteiger partial charge on any atom is -0.357 e. The molecule has 0 unspecified atom stereocenters. The van der Waals surface area contributed by atoms with Gasteiger partial charge in [0, 0.05) is 33.7 Å². The molecule has 0 aliphatic carbocycles. The molecule has 0 atom stereocenters. The second-order valence-electron chi connectivity index (χ2n) is 5.28. The maximum atomic E-state index is 4.62. The lowest BCUT2D eigenvalue weighted by Gasteiger charge is -2.16. The van der Waals surface area contributed by atoms with E-state index in [4.69, 9.17) is 0 Å². The zero-order chi connectivity index (χ0) is 15.2. The molecule has 0 aliphatic rings. The quantitative estimate of drug-likeness (QED) is 0.521. The van der Waals surface area contributed by atoms with Crippen LogP contribution in [0.1, 0.15) is 19.2 Å². The van der Waals surface area contributed by atoms with Gasteiger partial charge in [0.2, 0.25) is 0 Å². The smallest absolute Gasteiger partial charge is 0.193 e. The van der Waals surface area contributed by atoms with E-state index in [9.17, 15) is 0 Å². The van der Waals surface area contributed by atoms with Crippen molar-refractivity contribution >= 4 is 17.0 Å². The number of aliphatic imine (C=N–C) groups is 1. The average molecular weight is 287 g/mol. The van der Waals surface area contributed by atoms with Crippen LogP contribution in [0.4, 0.5) is 0 Å². The molecule has 0 fully saturated rings. The van der Waals surface area contributed by atoms with Crippen LogP contribution < -0.4 is 5.32 Å². The highest BCUT2D eigenvalue weighted by molar-refractivity contribution is 5.79. The van der Waals surface area contributed by atoms with Gasteiger partial charge in [0.25, 0.3) is 0 Å². The number of aryl methyl sites for hydroxylation is 2. The van der Waals surface area contributed by atoms with E-state index < -0.39 is 0 Å². The number of imidazole rings is 1. The van der Waals surface area contributed by atoms with Crippen LogP contribution in [0.3, 0.4) is 0 Å². The molecule has 0 aliphatic heterocycles. The van der Waals surface area contributed by atoms with E-state index in [-0.39, 0.29) is 0 Å². The predicted molar refractivity (Wildman–Crippen MR) is 88.8 cm³/mol. The Balaban J connectivity index is 1.99. The molecular weight excluding hydrogens is 262 g/mol. The number of benzene rings is 1. The van der Waals surface area contributed by atoms with E-state index in [0.29, 0.717) is 0 Å². The third-order valence-electron chi connectivity index (χ3n) is 3.41. The molecule has 2 rings (SSSR count). The summed E-state index contributed by atoms with van der Waals surface area (Å²) in [5.74, 6) is 2.02. The lowest BCUT2D eigenvalue weighted by atomic mass is 10.3. The number of aromatic nitrogens is 2. The highest BCUT2D eigenvalue weighted by atomic mass is 15.3. The van der Waals surface area contributed by atoms with Crippen molar-refractivity contribution in [2.75, 3.05) is 27.2 Å². The van der Waals surface area contributed by atoms with Crippen molar-refractivity contribution in [2.24, 2.45) is 4.99 Å². The van der Waals surface area contributed by atoms with Crippen molar-refractivity contribution < 1.29 is 0 Å². The fourth-order valence-corrected chi connectivity index (χ4v) is 2.41. The van der Waals surface area contributed by atoms with E-state index in [1.807, 2.05) is 25.1 Å². The number of para-hydroxylation sites is 2. The molecule has 5 heteroatoms. The fourth-order valence-electron chi connectivity index (χ4n) is 2.41. The summed E-state index contributed by atoms with van der Waals surface area (Å²) in [7, 11) is 4.02. The summed E-state index contributed by atoms with van der Waals surface area (Å²) in [6.45, 7) is 6.80. The number of fused-ring (bicyclic) bond motifs is 1. The number of hydrogen-bond acceptors (Lipinski definition) is 2. The highest BCUT2D eigenvalue weighted by Crippen LogP contribution is 2.15. The Morgan fingerprint density at radius 1 is 1.33 bits per heavy atom. The Bertz CT molecular complexity index is 612. The van der Waals surface area contributed by atoms with Crippen molar-refractivity contribution in [2.45, 2.75) is 26.8 Å². The largest absolute Gasteiger partial charge is 0.357 e. The maximum absolute atomic E-state index is 4.62. The van der Waals surface area contributed by atoms with Gasteiger partial charge in [0.15, 0.2) is 5.96 Å². The molecular formula is C16H25N5. The third kappa shape index (κ3) is 3.74. The van der Waals surface area contributed by atoms with E-state index >= 15 is 0 Å². The first kappa shape index (κ1) is 15.4. The van der Waals surface area contributed by atoms with Crippen LogP contribution in [0, 0.1) is 6.92 Å². The minimum atomic E-state index is 0.812.